The van der Waals surface area contributed by atoms with Crippen LogP contribution in [0.15, 0.2) is 36.4 Å². The van der Waals surface area contributed by atoms with Crippen molar-refractivity contribution in [2.24, 2.45) is 5.92 Å². The highest BCUT2D eigenvalue weighted by Gasteiger charge is 2.27. The SMILES string of the molecule is CCOc1cc(-c2ccccc2)sc1C(=O)N1CCC(CNC)CC1. The summed E-state index contributed by atoms with van der Waals surface area (Å²) >= 11 is 1.54. The number of benzene rings is 1. The average molecular weight is 359 g/mol. The molecular weight excluding hydrogens is 332 g/mol. The maximum absolute atomic E-state index is 13.0. The van der Waals surface area contributed by atoms with Crippen LogP contribution in [0.25, 0.3) is 10.4 Å². The highest BCUT2D eigenvalue weighted by molar-refractivity contribution is 7.17. The van der Waals surface area contributed by atoms with E-state index in [0.29, 0.717) is 18.3 Å². The highest BCUT2D eigenvalue weighted by atomic mass is 32.1. The van der Waals surface area contributed by atoms with Crippen LogP contribution in [0.3, 0.4) is 0 Å². The van der Waals surface area contributed by atoms with Gasteiger partial charge in [0.05, 0.1) is 6.61 Å². The average Bonchev–Trinajstić information content (AvgIpc) is 3.07. The fraction of sp³-hybridized carbons (Fsp3) is 0.450. The molecule has 4 nitrogen and oxygen atoms in total. The summed E-state index contributed by atoms with van der Waals surface area (Å²) in [7, 11) is 1.99. The van der Waals surface area contributed by atoms with Crippen molar-refractivity contribution in [3.63, 3.8) is 0 Å². The van der Waals surface area contributed by atoms with Gasteiger partial charge in [-0.1, -0.05) is 30.3 Å². The second-order valence-corrected chi connectivity index (χ2v) is 7.45. The lowest BCUT2D eigenvalue weighted by atomic mass is 9.97. The van der Waals surface area contributed by atoms with Crippen LogP contribution in [0, 0.1) is 5.92 Å². The zero-order valence-electron chi connectivity index (χ0n) is 15.0. The van der Waals surface area contributed by atoms with Crippen molar-refractivity contribution in [1.82, 2.24) is 10.2 Å². The first-order chi connectivity index (χ1) is 12.2. The molecule has 1 saturated heterocycles. The molecule has 2 heterocycles. The van der Waals surface area contributed by atoms with Crippen LogP contribution in [0.2, 0.25) is 0 Å². The van der Waals surface area contributed by atoms with Crippen molar-refractivity contribution in [3.8, 4) is 16.2 Å². The fourth-order valence-electron chi connectivity index (χ4n) is 3.30. The molecular formula is C20H26N2O2S. The Balaban J connectivity index is 1.78. The summed E-state index contributed by atoms with van der Waals surface area (Å²) in [6, 6.07) is 12.2. The summed E-state index contributed by atoms with van der Waals surface area (Å²) in [5, 5.41) is 3.24. The number of nitrogens with zero attached hydrogens (tertiary/aromatic N) is 1. The van der Waals surface area contributed by atoms with Crippen LogP contribution in [0.5, 0.6) is 5.75 Å². The monoisotopic (exact) mass is 358 g/mol. The summed E-state index contributed by atoms with van der Waals surface area (Å²) in [6.07, 6.45) is 2.13. The topological polar surface area (TPSA) is 41.6 Å². The van der Waals surface area contributed by atoms with Crippen LogP contribution in [0.4, 0.5) is 0 Å². The molecule has 134 valence electrons. The Hall–Kier alpha value is -1.85. The van der Waals surface area contributed by atoms with Crippen LogP contribution >= 0.6 is 11.3 Å². The molecule has 0 atom stereocenters. The number of amides is 1. The number of carbonyl (C=O) groups is 1. The standard InChI is InChI=1S/C20H26N2O2S/c1-3-24-17-13-18(16-7-5-4-6-8-16)25-19(17)20(23)22-11-9-15(10-12-22)14-21-2/h4-8,13,15,21H,3,9-12,14H2,1-2H3. The summed E-state index contributed by atoms with van der Waals surface area (Å²) in [5.74, 6) is 1.50. The first kappa shape index (κ1) is 18.0. The molecule has 1 aliphatic heterocycles. The third kappa shape index (κ3) is 4.22. The third-order valence-electron chi connectivity index (χ3n) is 4.64. The summed E-state index contributed by atoms with van der Waals surface area (Å²) in [4.78, 5) is 16.8. The number of carbonyl (C=O) groups excluding carboxylic acids is 1. The Morgan fingerprint density at radius 3 is 2.64 bits per heavy atom. The van der Waals surface area contributed by atoms with Gasteiger partial charge in [-0.2, -0.15) is 0 Å². The number of hydrogen-bond acceptors (Lipinski definition) is 4. The molecule has 1 aromatic carbocycles. The lowest BCUT2D eigenvalue weighted by molar-refractivity contribution is 0.0692. The second kappa shape index (κ2) is 8.50. The smallest absolute Gasteiger partial charge is 0.267 e. The molecule has 1 aromatic heterocycles. The number of hydrogen-bond donors (Lipinski definition) is 1. The number of thiophene rings is 1. The van der Waals surface area contributed by atoms with E-state index in [9.17, 15) is 4.79 Å². The minimum absolute atomic E-state index is 0.110. The van der Waals surface area contributed by atoms with E-state index in [2.05, 4.69) is 17.4 Å². The first-order valence-electron chi connectivity index (χ1n) is 8.98. The molecule has 0 aliphatic carbocycles. The summed E-state index contributed by atoms with van der Waals surface area (Å²) in [5.41, 5.74) is 1.13. The Kier molecular flexibility index (Phi) is 6.10. The quantitative estimate of drug-likeness (QED) is 0.852. The second-order valence-electron chi connectivity index (χ2n) is 6.40. The first-order valence-corrected chi connectivity index (χ1v) is 9.80. The molecule has 0 saturated carbocycles. The van der Waals surface area contributed by atoms with Crippen LogP contribution in [0.1, 0.15) is 29.4 Å². The van der Waals surface area contributed by atoms with E-state index in [-0.39, 0.29) is 5.91 Å². The van der Waals surface area contributed by atoms with E-state index in [1.165, 1.54) is 11.3 Å². The summed E-state index contributed by atoms with van der Waals surface area (Å²) in [6.45, 7) is 5.21. The van der Waals surface area contributed by atoms with Gasteiger partial charge in [-0.3, -0.25) is 4.79 Å². The van der Waals surface area contributed by atoms with Gasteiger partial charge in [0, 0.05) is 18.0 Å². The lowest BCUT2D eigenvalue weighted by Gasteiger charge is -2.31. The molecule has 5 heteroatoms. The minimum atomic E-state index is 0.110. The van der Waals surface area contributed by atoms with Crippen molar-refractivity contribution < 1.29 is 9.53 Å². The zero-order valence-corrected chi connectivity index (χ0v) is 15.8. The predicted octanol–water partition coefficient (Wildman–Crippen LogP) is 3.89. The van der Waals surface area contributed by atoms with Gasteiger partial charge < -0.3 is 15.0 Å². The fourth-order valence-corrected chi connectivity index (χ4v) is 4.38. The summed E-state index contributed by atoms with van der Waals surface area (Å²) < 4.78 is 5.76. The largest absolute Gasteiger partial charge is 0.492 e. The lowest BCUT2D eigenvalue weighted by Crippen LogP contribution is -2.40. The number of nitrogens with one attached hydrogen (secondary N) is 1. The van der Waals surface area contributed by atoms with E-state index in [4.69, 9.17) is 4.74 Å². The Morgan fingerprint density at radius 2 is 2.00 bits per heavy atom. The van der Waals surface area contributed by atoms with Gasteiger partial charge in [-0.25, -0.2) is 0 Å². The van der Waals surface area contributed by atoms with Gasteiger partial charge in [-0.15, -0.1) is 11.3 Å². The molecule has 1 N–H and O–H groups in total. The molecule has 0 unspecified atom stereocenters. The van der Waals surface area contributed by atoms with Gasteiger partial charge in [0.25, 0.3) is 5.91 Å². The highest BCUT2D eigenvalue weighted by Crippen LogP contribution is 2.37. The van der Waals surface area contributed by atoms with Crippen LogP contribution in [-0.4, -0.2) is 44.1 Å². The molecule has 1 amide bonds. The molecule has 25 heavy (non-hydrogen) atoms. The maximum Gasteiger partial charge on any atom is 0.267 e. The van der Waals surface area contributed by atoms with Gasteiger partial charge in [-0.05, 0) is 50.9 Å². The van der Waals surface area contributed by atoms with Gasteiger partial charge in [0.2, 0.25) is 0 Å². The van der Waals surface area contributed by atoms with Crippen molar-refractivity contribution in [1.29, 1.82) is 0 Å². The minimum Gasteiger partial charge on any atom is -0.492 e. The number of rotatable bonds is 6. The Bertz CT molecular complexity index is 691. The van der Waals surface area contributed by atoms with E-state index < -0.39 is 0 Å². The van der Waals surface area contributed by atoms with E-state index in [1.54, 1.807) is 0 Å². The van der Waals surface area contributed by atoms with E-state index in [1.807, 2.05) is 43.1 Å². The molecule has 3 rings (SSSR count). The number of ether oxygens (including phenoxy) is 1. The molecule has 0 spiro atoms. The third-order valence-corrected chi connectivity index (χ3v) is 5.80. The van der Waals surface area contributed by atoms with E-state index in [0.717, 1.165) is 47.8 Å². The van der Waals surface area contributed by atoms with Crippen molar-refractivity contribution in [2.75, 3.05) is 33.3 Å². The van der Waals surface area contributed by atoms with Crippen molar-refractivity contribution in [3.05, 3.63) is 41.3 Å². The van der Waals surface area contributed by atoms with E-state index >= 15 is 0 Å². The number of likely N-dealkylation sites (tertiary alicyclic amines) is 1. The van der Waals surface area contributed by atoms with Crippen molar-refractivity contribution in [2.45, 2.75) is 19.8 Å². The van der Waals surface area contributed by atoms with Gasteiger partial charge >= 0.3 is 0 Å². The molecule has 1 fully saturated rings. The van der Waals surface area contributed by atoms with Gasteiger partial charge in [0.1, 0.15) is 10.6 Å². The van der Waals surface area contributed by atoms with Crippen molar-refractivity contribution >= 4 is 17.2 Å². The van der Waals surface area contributed by atoms with Gasteiger partial charge in [0.15, 0.2) is 0 Å². The molecule has 2 aromatic rings. The molecule has 1 aliphatic rings. The Labute approximate surface area is 153 Å². The zero-order chi connectivity index (χ0) is 17.6. The van der Waals surface area contributed by atoms with Crippen LogP contribution in [-0.2, 0) is 0 Å². The predicted molar refractivity (Wildman–Crippen MR) is 103 cm³/mol. The molecule has 0 bridgehead atoms. The Morgan fingerprint density at radius 1 is 1.28 bits per heavy atom. The number of piperidine rings is 1. The molecule has 0 radical (unpaired) electrons. The van der Waals surface area contributed by atoms with Crippen LogP contribution < -0.4 is 10.1 Å². The normalized spacial score (nSPS) is 15.4. The maximum atomic E-state index is 13.0.